The zero-order chi connectivity index (χ0) is 24.4. The monoisotopic (exact) mass is 472 g/mol. The molecule has 9 nitrogen and oxygen atoms in total. The summed E-state index contributed by atoms with van der Waals surface area (Å²) in [4.78, 5) is 25.6. The van der Waals surface area contributed by atoms with Crippen LogP contribution in [0.2, 0.25) is 0 Å². The molecular weight excluding hydrogens is 444 g/mol. The topological polar surface area (TPSA) is 85.6 Å². The van der Waals surface area contributed by atoms with Crippen LogP contribution in [-0.4, -0.2) is 70.5 Å². The first-order valence-electron chi connectivity index (χ1n) is 11.6. The van der Waals surface area contributed by atoms with Gasteiger partial charge in [-0.2, -0.15) is 5.10 Å². The minimum atomic E-state index is -0.0800. The van der Waals surface area contributed by atoms with Crippen molar-refractivity contribution in [2.45, 2.75) is 13.8 Å². The molecule has 2 aromatic heterocycles. The van der Waals surface area contributed by atoms with Gasteiger partial charge >= 0.3 is 0 Å². The summed E-state index contributed by atoms with van der Waals surface area (Å²) in [5.74, 6) is 1.13. The van der Waals surface area contributed by atoms with E-state index < -0.39 is 0 Å². The smallest absolute Gasteiger partial charge is 0.260 e. The summed E-state index contributed by atoms with van der Waals surface area (Å²) in [7, 11) is 1.66. The van der Waals surface area contributed by atoms with Gasteiger partial charge in [0.05, 0.1) is 19.0 Å². The van der Waals surface area contributed by atoms with Crippen molar-refractivity contribution in [1.82, 2.24) is 24.6 Å². The van der Waals surface area contributed by atoms with Gasteiger partial charge in [0.15, 0.2) is 12.3 Å². The van der Waals surface area contributed by atoms with E-state index in [-0.39, 0.29) is 12.5 Å². The number of ether oxygens (including phenoxy) is 2. The normalized spacial score (nSPS) is 13.8. The fourth-order valence-corrected chi connectivity index (χ4v) is 4.43. The molecule has 0 atom stereocenters. The molecule has 0 N–H and O–H groups in total. The number of hydrogen-bond acceptors (Lipinski definition) is 7. The van der Waals surface area contributed by atoms with Crippen LogP contribution in [0.15, 0.2) is 55.0 Å². The third kappa shape index (κ3) is 4.75. The molecule has 1 aliphatic rings. The molecule has 1 amide bonds. The van der Waals surface area contributed by atoms with Crippen molar-refractivity contribution in [1.29, 1.82) is 0 Å². The zero-order valence-electron chi connectivity index (χ0n) is 20.1. The number of hydrogen-bond donors (Lipinski definition) is 0. The quantitative estimate of drug-likeness (QED) is 0.426. The second-order valence-electron chi connectivity index (χ2n) is 8.67. The van der Waals surface area contributed by atoms with E-state index in [1.807, 2.05) is 43.0 Å². The average molecular weight is 473 g/mol. The molecule has 0 bridgehead atoms. The molecule has 0 spiro atoms. The molecule has 1 aliphatic heterocycles. The van der Waals surface area contributed by atoms with Gasteiger partial charge in [0.2, 0.25) is 5.88 Å². The molecule has 1 fully saturated rings. The van der Waals surface area contributed by atoms with E-state index in [4.69, 9.17) is 9.47 Å². The summed E-state index contributed by atoms with van der Waals surface area (Å²) >= 11 is 0. The third-order valence-corrected chi connectivity index (χ3v) is 6.18. The van der Waals surface area contributed by atoms with Gasteiger partial charge in [-0.25, -0.2) is 14.6 Å². The maximum Gasteiger partial charge on any atom is 0.260 e. The largest absolute Gasteiger partial charge is 0.497 e. The minimum absolute atomic E-state index is 0.0622. The van der Waals surface area contributed by atoms with Crippen LogP contribution in [0.5, 0.6) is 11.6 Å². The second kappa shape index (κ2) is 9.61. The number of nitrogens with zero attached hydrogens (tertiary/aromatic N) is 6. The van der Waals surface area contributed by atoms with Crippen LogP contribution in [0.3, 0.4) is 0 Å². The molecule has 1 saturated heterocycles. The SMILES string of the molecule is COc1ccc(N2CCN(C(=O)COc3ncnc4c3cnn4-c3cc(C)cc(C)c3)CC2)cc1. The molecule has 35 heavy (non-hydrogen) atoms. The Morgan fingerprint density at radius 3 is 2.34 bits per heavy atom. The Labute approximate surface area is 203 Å². The molecule has 9 heteroatoms. The number of amides is 1. The molecule has 0 saturated carbocycles. The Hall–Kier alpha value is -4.14. The van der Waals surface area contributed by atoms with Crippen LogP contribution in [0, 0.1) is 13.8 Å². The molecule has 2 aromatic carbocycles. The van der Waals surface area contributed by atoms with E-state index in [0.29, 0.717) is 30.0 Å². The van der Waals surface area contributed by atoms with E-state index in [2.05, 4.69) is 38.2 Å². The number of aromatic nitrogens is 4. The minimum Gasteiger partial charge on any atom is -0.497 e. The Kier molecular flexibility index (Phi) is 6.22. The first-order chi connectivity index (χ1) is 17.0. The number of piperazine rings is 1. The van der Waals surface area contributed by atoms with Gasteiger partial charge in [0.25, 0.3) is 5.91 Å². The molecule has 0 aliphatic carbocycles. The Morgan fingerprint density at radius 1 is 0.943 bits per heavy atom. The van der Waals surface area contributed by atoms with Crippen molar-refractivity contribution in [3.8, 4) is 17.3 Å². The average Bonchev–Trinajstić information content (AvgIpc) is 3.32. The molecule has 180 valence electrons. The number of methoxy groups -OCH3 is 1. The Morgan fingerprint density at radius 2 is 1.66 bits per heavy atom. The van der Waals surface area contributed by atoms with Gasteiger partial charge in [-0.15, -0.1) is 0 Å². The number of anilines is 1. The lowest BCUT2D eigenvalue weighted by atomic mass is 10.1. The number of aryl methyl sites for hydroxylation is 2. The van der Waals surface area contributed by atoms with E-state index in [1.54, 1.807) is 18.0 Å². The lowest BCUT2D eigenvalue weighted by Gasteiger charge is -2.36. The fourth-order valence-electron chi connectivity index (χ4n) is 4.43. The highest BCUT2D eigenvalue weighted by atomic mass is 16.5. The van der Waals surface area contributed by atoms with Crippen molar-refractivity contribution in [3.63, 3.8) is 0 Å². The fraction of sp³-hybridized carbons (Fsp3) is 0.308. The Bertz CT molecular complexity index is 1320. The van der Waals surface area contributed by atoms with Crippen molar-refractivity contribution >= 4 is 22.6 Å². The highest BCUT2D eigenvalue weighted by molar-refractivity contribution is 5.82. The number of fused-ring (bicyclic) bond motifs is 1. The molecule has 0 unspecified atom stereocenters. The van der Waals surface area contributed by atoms with E-state index in [0.717, 1.165) is 41.3 Å². The number of carbonyl (C=O) groups is 1. The Balaban J connectivity index is 1.23. The molecule has 0 radical (unpaired) electrons. The van der Waals surface area contributed by atoms with Gasteiger partial charge in [0, 0.05) is 31.9 Å². The van der Waals surface area contributed by atoms with E-state index >= 15 is 0 Å². The summed E-state index contributed by atoms with van der Waals surface area (Å²) in [6.45, 7) is 6.82. The predicted octanol–water partition coefficient (Wildman–Crippen LogP) is 3.17. The lowest BCUT2D eigenvalue weighted by molar-refractivity contribution is -0.133. The maximum atomic E-state index is 12.8. The summed E-state index contributed by atoms with van der Waals surface area (Å²) in [5.41, 5.74) is 4.98. The molecule has 5 rings (SSSR count). The van der Waals surface area contributed by atoms with Crippen LogP contribution in [0.25, 0.3) is 16.7 Å². The van der Waals surface area contributed by atoms with Crippen LogP contribution in [-0.2, 0) is 4.79 Å². The van der Waals surface area contributed by atoms with Gasteiger partial charge in [-0.1, -0.05) is 6.07 Å². The molecule has 4 aromatic rings. The van der Waals surface area contributed by atoms with E-state index in [1.165, 1.54) is 6.33 Å². The third-order valence-electron chi connectivity index (χ3n) is 6.18. The van der Waals surface area contributed by atoms with Gasteiger partial charge in [-0.05, 0) is 61.4 Å². The zero-order valence-corrected chi connectivity index (χ0v) is 20.1. The van der Waals surface area contributed by atoms with Crippen molar-refractivity contribution < 1.29 is 14.3 Å². The van der Waals surface area contributed by atoms with Crippen LogP contribution < -0.4 is 14.4 Å². The standard InChI is InChI=1S/C26H28N6O3/c1-18-12-19(2)14-21(13-18)32-25-23(15-29-32)26(28-17-27-25)35-16-24(33)31-10-8-30(9-11-31)20-4-6-22(34-3)7-5-20/h4-7,12-15,17H,8-11,16H2,1-3H3. The van der Waals surface area contributed by atoms with Gasteiger partial charge < -0.3 is 19.3 Å². The van der Waals surface area contributed by atoms with Crippen LogP contribution >= 0.6 is 0 Å². The van der Waals surface area contributed by atoms with Crippen LogP contribution in [0.1, 0.15) is 11.1 Å². The number of rotatable bonds is 6. The van der Waals surface area contributed by atoms with Crippen molar-refractivity contribution in [2.75, 3.05) is 44.8 Å². The lowest BCUT2D eigenvalue weighted by Crippen LogP contribution is -2.50. The molecular formula is C26H28N6O3. The van der Waals surface area contributed by atoms with Gasteiger partial charge in [-0.3, -0.25) is 4.79 Å². The first-order valence-corrected chi connectivity index (χ1v) is 11.6. The summed E-state index contributed by atoms with van der Waals surface area (Å²) < 4.78 is 12.8. The first kappa shape index (κ1) is 22.6. The predicted molar refractivity (Wildman–Crippen MR) is 133 cm³/mol. The number of benzene rings is 2. The summed E-state index contributed by atoms with van der Waals surface area (Å²) in [6, 6.07) is 14.2. The van der Waals surface area contributed by atoms with Crippen LogP contribution in [0.4, 0.5) is 5.69 Å². The highest BCUT2D eigenvalue weighted by Gasteiger charge is 2.22. The summed E-state index contributed by atoms with van der Waals surface area (Å²) in [5, 5.41) is 5.17. The molecule has 3 heterocycles. The second-order valence-corrected chi connectivity index (χ2v) is 8.67. The van der Waals surface area contributed by atoms with E-state index in [9.17, 15) is 4.79 Å². The number of carbonyl (C=O) groups excluding carboxylic acids is 1. The maximum absolute atomic E-state index is 12.8. The van der Waals surface area contributed by atoms with Crippen molar-refractivity contribution in [2.24, 2.45) is 0 Å². The van der Waals surface area contributed by atoms with Crippen molar-refractivity contribution in [3.05, 3.63) is 66.1 Å². The highest BCUT2D eigenvalue weighted by Crippen LogP contribution is 2.25. The summed E-state index contributed by atoms with van der Waals surface area (Å²) in [6.07, 6.45) is 3.12. The van der Waals surface area contributed by atoms with Gasteiger partial charge in [0.1, 0.15) is 17.5 Å².